The number of benzene rings is 4. The van der Waals surface area contributed by atoms with Crippen molar-refractivity contribution in [1.82, 2.24) is 0 Å². The first kappa shape index (κ1) is 33.0. The van der Waals surface area contributed by atoms with Gasteiger partial charge in [-0.25, -0.2) is 0 Å². The van der Waals surface area contributed by atoms with Gasteiger partial charge in [-0.1, -0.05) is 120 Å². The van der Waals surface area contributed by atoms with E-state index in [0.717, 1.165) is 25.7 Å². The van der Waals surface area contributed by atoms with E-state index in [1.807, 2.05) is 48.5 Å². The Morgan fingerprint density at radius 2 is 0.750 bits per heavy atom. The minimum atomic E-state index is -0.0272. The van der Waals surface area contributed by atoms with Gasteiger partial charge < -0.3 is 20.4 Å². The summed E-state index contributed by atoms with van der Waals surface area (Å²) < 4.78 is 0. The molecule has 0 amide bonds. The minimum absolute atomic E-state index is 0.0272. The largest absolute Gasteiger partial charge is 0.508 e. The number of phenols is 4. The molecule has 0 aromatic heterocycles. The summed E-state index contributed by atoms with van der Waals surface area (Å²) in [4.78, 5) is 0. The highest BCUT2D eigenvalue weighted by Gasteiger charge is 2.33. The standard InChI is InChI=1S/C24H32O2.C16H18O2/c25-22-14-10-20(11-15-22)24(21-12-16-23(26)17-13-21)18-8-6-4-2-1-3-5-7-9-19-24;1-2-3-16(12-4-8-14(17)9-5-12)13-6-10-15(18)11-7-13/h10-17,25-26H,1-9,18-19H2;4-11,16-18H,2-3H2,1H3. The van der Waals surface area contributed by atoms with Gasteiger partial charge in [0, 0.05) is 11.3 Å². The Morgan fingerprint density at radius 3 is 1.07 bits per heavy atom. The fraction of sp³-hybridized carbons (Fsp3) is 0.400. The second-order valence-electron chi connectivity index (χ2n) is 12.4. The van der Waals surface area contributed by atoms with E-state index in [0.29, 0.717) is 28.9 Å². The van der Waals surface area contributed by atoms with E-state index >= 15 is 0 Å². The van der Waals surface area contributed by atoms with Gasteiger partial charge in [0.15, 0.2) is 0 Å². The van der Waals surface area contributed by atoms with Crippen molar-refractivity contribution >= 4 is 0 Å². The summed E-state index contributed by atoms with van der Waals surface area (Å²) >= 11 is 0. The molecular formula is C40H50O4. The number of rotatable bonds is 6. The van der Waals surface area contributed by atoms with Crippen LogP contribution >= 0.6 is 0 Å². The molecule has 4 aromatic rings. The molecule has 1 fully saturated rings. The van der Waals surface area contributed by atoms with Crippen LogP contribution in [-0.2, 0) is 5.41 Å². The Labute approximate surface area is 264 Å². The van der Waals surface area contributed by atoms with Gasteiger partial charge in [0.05, 0.1) is 0 Å². The summed E-state index contributed by atoms with van der Waals surface area (Å²) in [5.74, 6) is 1.54. The summed E-state index contributed by atoms with van der Waals surface area (Å²) in [7, 11) is 0. The van der Waals surface area contributed by atoms with E-state index in [9.17, 15) is 20.4 Å². The molecule has 1 saturated carbocycles. The van der Waals surface area contributed by atoms with Gasteiger partial charge in [-0.2, -0.15) is 0 Å². The second kappa shape index (κ2) is 16.8. The predicted molar refractivity (Wildman–Crippen MR) is 181 cm³/mol. The third-order valence-corrected chi connectivity index (χ3v) is 9.22. The maximum Gasteiger partial charge on any atom is 0.115 e. The highest BCUT2D eigenvalue weighted by molar-refractivity contribution is 5.43. The lowest BCUT2D eigenvalue weighted by Crippen LogP contribution is -2.28. The first-order chi connectivity index (χ1) is 21.4. The minimum Gasteiger partial charge on any atom is -0.508 e. The van der Waals surface area contributed by atoms with Crippen LogP contribution in [0, 0.1) is 0 Å². The average molecular weight is 595 g/mol. The third-order valence-electron chi connectivity index (χ3n) is 9.22. The zero-order chi connectivity index (χ0) is 31.2. The molecule has 4 aromatic carbocycles. The normalized spacial score (nSPS) is 15.8. The van der Waals surface area contributed by atoms with Crippen molar-refractivity contribution < 1.29 is 20.4 Å². The fourth-order valence-corrected chi connectivity index (χ4v) is 6.75. The van der Waals surface area contributed by atoms with Crippen LogP contribution in [0.1, 0.15) is 119 Å². The third kappa shape index (κ3) is 9.29. The molecule has 4 heteroatoms. The summed E-state index contributed by atoms with van der Waals surface area (Å²) in [5.41, 5.74) is 4.94. The Balaban J connectivity index is 0.000000215. The van der Waals surface area contributed by atoms with E-state index in [4.69, 9.17) is 0 Å². The Morgan fingerprint density at radius 1 is 0.455 bits per heavy atom. The van der Waals surface area contributed by atoms with Gasteiger partial charge >= 0.3 is 0 Å². The SMILES string of the molecule is CCCC(c1ccc(O)cc1)c1ccc(O)cc1.Oc1ccc(C2(c3ccc(O)cc3)CCCCCCCCCCC2)cc1. The maximum absolute atomic E-state index is 9.76. The van der Waals surface area contributed by atoms with Crippen LogP contribution < -0.4 is 0 Å². The smallest absolute Gasteiger partial charge is 0.115 e. The highest BCUT2D eigenvalue weighted by atomic mass is 16.3. The quantitative estimate of drug-likeness (QED) is 0.179. The molecule has 1 aliphatic rings. The molecule has 44 heavy (non-hydrogen) atoms. The van der Waals surface area contributed by atoms with Crippen molar-refractivity contribution in [2.45, 2.75) is 102 Å². The number of phenolic OH excluding ortho intramolecular Hbond substituents is 4. The molecule has 0 saturated heterocycles. The first-order valence-corrected chi connectivity index (χ1v) is 16.6. The van der Waals surface area contributed by atoms with Gasteiger partial charge in [0.2, 0.25) is 0 Å². The molecule has 5 rings (SSSR count). The van der Waals surface area contributed by atoms with Gasteiger partial charge in [0.25, 0.3) is 0 Å². The molecule has 4 N–H and O–H groups in total. The van der Waals surface area contributed by atoms with E-state index < -0.39 is 0 Å². The van der Waals surface area contributed by atoms with Crippen LogP contribution in [0.3, 0.4) is 0 Å². The van der Waals surface area contributed by atoms with Crippen molar-refractivity contribution in [2.75, 3.05) is 0 Å². The summed E-state index contributed by atoms with van der Waals surface area (Å²) in [6.07, 6.45) is 16.2. The fourth-order valence-electron chi connectivity index (χ4n) is 6.75. The van der Waals surface area contributed by atoms with Crippen LogP contribution in [0.15, 0.2) is 97.1 Å². The molecule has 0 atom stereocenters. The maximum atomic E-state index is 9.76. The van der Waals surface area contributed by atoms with Crippen LogP contribution in [0.2, 0.25) is 0 Å². The Hall–Kier alpha value is -3.92. The monoisotopic (exact) mass is 594 g/mol. The Kier molecular flexibility index (Phi) is 12.6. The Bertz CT molecular complexity index is 1250. The molecule has 1 aliphatic carbocycles. The molecule has 0 radical (unpaired) electrons. The molecule has 0 bridgehead atoms. The predicted octanol–water partition coefficient (Wildman–Crippen LogP) is 10.7. The van der Waals surface area contributed by atoms with Gasteiger partial charge in [-0.05, 0) is 90.0 Å². The van der Waals surface area contributed by atoms with Gasteiger partial charge in [-0.15, -0.1) is 0 Å². The topological polar surface area (TPSA) is 80.9 Å². The molecule has 4 nitrogen and oxygen atoms in total. The molecule has 234 valence electrons. The first-order valence-electron chi connectivity index (χ1n) is 16.6. The lowest BCUT2D eigenvalue weighted by molar-refractivity contribution is 0.381. The van der Waals surface area contributed by atoms with Crippen molar-refractivity contribution in [3.8, 4) is 23.0 Å². The van der Waals surface area contributed by atoms with Crippen LogP contribution in [0.25, 0.3) is 0 Å². The second-order valence-corrected chi connectivity index (χ2v) is 12.4. The summed E-state index contributed by atoms with van der Waals surface area (Å²) in [5, 5.41) is 38.2. The van der Waals surface area contributed by atoms with Gasteiger partial charge in [-0.3, -0.25) is 0 Å². The van der Waals surface area contributed by atoms with Crippen molar-refractivity contribution in [3.05, 3.63) is 119 Å². The number of aromatic hydroxyl groups is 4. The van der Waals surface area contributed by atoms with Crippen molar-refractivity contribution in [1.29, 1.82) is 0 Å². The van der Waals surface area contributed by atoms with Crippen LogP contribution in [-0.4, -0.2) is 20.4 Å². The van der Waals surface area contributed by atoms with E-state index in [1.54, 1.807) is 24.3 Å². The molecule has 0 unspecified atom stereocenters. The van der Waals surface area contributed by atoms with E-state index in [1.165, 1.54) is 80.0 Å². The highest BCUT2D eigenvalue weighted by Crippen LogP contribution is 2.43. The number of hydrogen-bond acceptors (Lipinski definition) is 4. The number of hydrogen-bond donors (Lipinski definition) is 4. The van der Waals surface area contributed by atoms with E-state index in [2.05, 4.69) is 31.2 Å². The molecular weight excluding hydrogens is 544 g/mol. The lowest BCUT2D eigenvalue weighted by atomic mass is 9.67. The van der Waals surface area contributed by atoms with Crippen molar-refractivity contribution in [2.24, 2.45) is 0 Å². The summed E-state index contributed by atoms with van der Waals surface area (Å²) in [6, 6.07) is 30.3. The summed E-state index contributed by atoms with van der Waals surface area (Å²) in [6.45, 7) is 2.16. The molecule has 0 heterocycles. The van der Waals surface area contributed by atoms with Crippen LogP contribution in [0.4, 0.5) is 0 Å². The van der Waals surface area contributed by atoms with Gasteiger partial charge in [0.1, 0.15) is 23.0 Å². The zero-order valence-electron chi connectivity index (χ0n) is 26.3. The van der Waals surface area contributed by atoms with Crippen LogP contribution in [0.5, 0.6) is 23.0 Å². The zero-order valence-corrected chi connectivity index (χ0v) is 26.3. The lowest BCUT2D eigenvalue weighted by Gasteiger charge is -2.36. The molecule has 0 spiro atoms. The molecule has 0 aliphatic heterocycles. The average Bonchev–Trinajstić information content (AvgIpc) is 3.03. The van der Waals surface area contributed by atoms with Crippen molar-refractivity contribution in [3.63, 3.8) is 0 Å². The van der Waals surface area contributed by atoms with E-state index in [-0.39, 0.29) is 5.41 Å².